The third-order valence-corrected chi connectivity index (χ3v) is 2.25. The summed E-state index contributed by atoms with van der Waals surface area (Å²) in [7, 11) is 0. The van der Waals surface area contributed by atoms with Crippen molar-refractivity contribution >= 4 is 11.9 Å². The van der Waals surface area contributed by atoms with E-state index in [1.54, 1.807) is 0 Å². The highest BCUT2D eigenvalue weighted by Crippen LogP contribution is 1.99. The zero-order chi connectivity index (χ0) is 12.2. The molecule has 1 amide bonds. The minimum Gasteiger partial charge on any atom is -0.481 e. The molecule has 0 aliphatic rings. The Hall–Kier alpha value is -1.10. The highest BCUT2D eigenvalue weighted by molar-refractivity contribution is 5.75. The number of nitrogens with two attached hydrogens (primary N) is 1. The van der Waals surface area contributed by atoms with Gasteiger partial charge in [0, 0.05) is 19.4 Å². The van der Waals surface area contributed by atoms with Gasteiger partial charge in [0.05, 0.1) is 0 Å². The minimum atomic E-state index is -0.784. The maximum atomic E-state index is 11.2. The van der Waals surface area contributed by atoms with Crippen LogP contribution in [0.3, 0.4) is 0 Å². The molecule has 0 heterocycles. The molecule has 0 fully saturated rings. The van der Waals surface area contributed by atoms with Gasteiger partial charge in [0.25, 0.3) is 0 Å². The van der Waals surface area contributed by atoms with Gasteiger partial charge < -0.3 is 16.2 Å². The molecule has 0 aromatic heterocycles. The van der Waals surface area contributed by atoms with Gasteiger partial charge in [-0.15, -0.1) is 0 Å². The Kier molecular flexibility index (Phi) is 9.70. The van der Waals surface area contributed by atoms with E-state index in [0.717, 1.165) is 25.7 Å². The van der Waals surface area contributed by atoms with Gasteiger partial charge in [-0.2, -0.15) is 0 Å². The van der Waals surface area contributed by atoms with Crippen LogP contribution < -0.4 is 11.1 Å². The number of rotatable bonds is 10. The van der Waals surface area contributed by atoms with Crippen molar-refractivity contribution in [1.29, 1.82) is 0 Å². The van der Waals surface area contributed by atoms with E-state index < -0.39 is 5.97 Å². The van der Waals surface area contributed by atoms with E-state index in [1.807, 2.05) is 0 Å². The van der Waals surface area contributed by atoms with Crippen LogP contribution >= 0.6 is 0 Å². The monoisotopic (exact) mass is 230 g/mol. The Morgan fingerprint density at radius 3 is 2.31 bits per heavy atom. The molecule has 16 heavy (non-hydrogen) atoms. The third kappa shape index (κ3) is 11.0. The molecule has 0 radical (unpaired) electrons. The Morgan fingerprint density at radius 2 is 1.69 bits per heavy atom. The van der Waals surface area contributed by atoms with Gasteiger partial charge in [-0.25, -0.2) is 0 Å². The van der Waals surface area contributed by atoms with E-state index in [-0.39, 0.29) is 12.3 Å². The number of hydrogen-bond donors (Lipinski definition) is 3. The lowest BCUT2D eigenvalue weighted by molar-refractivity contribution is -0.137. The van der Waals surface area contributed by atoms with Crippen molar-refractivity contribution < 1.29 is 14.7 Å². The number of carboxylic acids is 1. The molecule has 0 saturated carbocycles. The van der Waals surface area contributed by atoms with Gasteiger partial charge in [0.2, 0.25) is 5.91 Å². The third-order valence-electron chi connectivity index (χ3n) is 2.25. The molecule has 0 aromatic carbocycles. The van der Waals surface area contributed by atoms with E-state index in [1.165, 1.54) is 0 Å². The molecule has 0 bridgehead atoms. The molecular weight excluding hydrogens is 208 g/mol. The van der Waals surface area contributed by atoms with Crippen LogP contribution in [0.5, 0.6) is 0 Å². The van der Waals surface area contributed by atoms with Crippen molar-refractivity contribution in [3.63, 3.8) is 0 Å². The first kappa shape index (κ1) is 14.9. The number of hydrogen-bond acceptors (Lipinski definition) is 3. The average Bonchev–Trinajstić information content (AvgIpc) is 2.23. The van der Waals surface area contributed by atoms with Gasteiger partial charge in [0.15, 0.2) is 0 Å². The topological polar surface area (TPSA) is 92.4 Å². The maximum absolute atomic E-state index is 11.2. The maximum Gasteiger partial charge on any atom is 0.303 e. The van der Waals surface area contributed by atoms with Gasteiger partial charge >= 0.3 is 5.97 Å². The molecule has 4 N–H and O–H groups in total. The van der Waals surface area contributed by atoms with Gasteiger partial charge in [-0.05, 0) is 32.2 Å². The predicted molar refractivity (Wildman–Crippen MR) is 62.0 cm³/mol. The first-order chi connectivity index (χ1) is 7.66. The van der Waals surface area contributed by atoms with Crippen molar-refractivity contribution in [2.75, 3.05) is 13.1 Å². The van der Waals surface area contributed by atoms with E-state index in [2.05, 4.69) is 5.32 Å². The summed E-state index contributed by atoms with van der Waals surface area (Å²) in [5, 5.41) is 11.2. The quantitative estimate of drug-likeness (QED) is 0.486. The van der Waals surface area contributed by atoms with Crippen molar-refractivity contribution in [2.45, 2.75) is 44.9 Å². The largest absolute Gasteiger partial charge is 0.481 e. The molecule has 0 aliphatic heterocycles. The van der Waals surface area contributed by atoms with Crippen molar-refractivity contribution in [2.24, 2.45) is 5.73 Å². The molecule has 0 atom stereocenters. The van der Waals surface area contributed by atoms with Gasteiger partial charge in [0.1, 0.15) is 0 Å². The summed E-state index contributed by atoms with van der Waals surface area (Å²) < 4.78 is 0. The predicted octanol–water partition coefficient (Wildman–Crippen LogP) is 0.877. The van der Waals surface area contributed by atoms with E-state index in [0.29, 0.717) is 25.9 Å². The number of carboxylic acid groups (broad SMARTS) is 1. The fraction of sp³-hybridized carbons (Fsp3) is 0.818. The molecule has 0 aliphatic carbocycles. The van der Waals surface area contributed by atoms with Crippen LogP contribution in [0.15, 0.2) is 0 Å². The number of carbonyl (C=O) groups excluding carboxylic acids is 1. The van der Waals surface area contributed by atoms with Crippen LogP contribution in [0.1, 0.15) is 44.9 Å². The zero-order valence-corrected chi connectivity index (χ0v) is 9.71. The number of unbranched alkanes of at least 4 members (excludes halogenated alkanes) is 3. The lowest BCUT2D eigenvalue weighted by Crippen LogP contribution is -2.24. The Labute approximate surface area is 96.4 Å². The normalized spacial score (nSPS) is 10.1. The summed E-state index contributed by atoms with van der Waals surface area (Å²) in [6.45, 7) is 1.25. The summed E-state index contributed by atoms with van der Waals surface area (Å²) in [5.74, 6) is -0.736. The number of aliphatic carboxylic acids is 1. The minimum absolute atomic E-state index is 0.0485. The molecule has 0 rings (SSSR count). The average molecular weight is 230 g/mol. The van der Waals surface area contributed by atoms with Crippen LogP contribution in [-0.4, -0.2) is 30.1 Å². The van der Waals surface area contributed by atoms with Crippen molar-refractivity contribution in [1.82, 2.24) is 5.32 Å². The summed E-state index contributed by atoms with van der Waals surface area (Å²) in [5.41, 5.74) is 5.33. The van der Waals surface area contributed by atoms with Crippen LogP contribution in [0.2, 0.25) is 0 Å². The Morgan fingerprint density at radius 1 is 1.00 bits per heavy atom. The lowest BCUT2D eigenvalue weighted by Gasteiger charge is -2.04. The molecule has 94 valence electrons. The van der Waals surface area contributed by atoms with Crippen LogP contribution in [-0.2, 0) is 9.59 Å². The highest BCUT2D eigenvalue weighted by atomic mass is 16.4. The Balaban J connectivity index is 3.20. The SMILES string of the molecule is NCCCCCC(=O)NCCCCC(=O)O. The molecule has 0 spiro atoms. The van der Waals surface area contributed by atoms with Crippen LogP contribution in [0.25, 0.3) is 0 Å². The van der Waals surface area contributed by atoms with Crippen molar-refractivity contribution in [3.05, 3.63) is 0 Å². The number of amides is 1. The summed E-state index contributed by atoms with van der Waals surface area (Å²) in [6, 6.07) is 0. The summed E-state index contributed by atoms with van der Waals surface area (Å²) in [4.78, 5) is 21.4. The molecule has 0 unspecified atom stereocenters. The first-order valence-electron chi connectivity index (χ1n) is 5.85. The fourth-order valence-corrected chi connectivity index (χ4v) is 1.32. The standard InChI is InChI=1S/C11H22N2O3/c12-8-4-1-2-6-10(14)13-9-5-3-7-11(15)16/h1-9,12H2,(H,13,14)(H,15,16). The molecule has 5 heteroatoms. The molecule has 5 nitrogen and oxygen atoms in total. The van der Waals surface area contributed by atoms with Crippen molar-refractivity contribution in [3.8, 4) is 0 Å². The molecular formula is C11H22N2O3. The number of nitrogens with one attached hydrogen (secondary N) is 1. The van der Waals surface area contributed by atoms with Crippen LogP contribution in [0, 0.1) is 0 Å². The smallest absolute Gasteiger partial charge is 0.303 e. The summed E-state index contributed by atoms with van der Waals surface area (Å²) in [6.07, 6.45) is 4.88. The van der Waals surface area contributed by atoms with E-state index >= 15 is 0 Å². The second kappa shape index (κ2) is 10.4. The lowest BCUT2D eigenvalue weighted by atomic mass is 10.2. The van der Waals surface area contributed by atoms with E-state index in [4.69, 9.17) is 10.8 Å². The van der Waals surface area contributed by atoms with Crippen LogP contribution in [0.4, 0.5) is 0 Å². The first-order valence-corrected chi connectivity index (χ1v) is 5.85. The summed E-state index contributed by atoms with van der Waals surface area (Å²) >= 11 is 0. The second-order valence-corrected chi connectivity index (χ2v) is 3.80. The number of carbonyl (C=O) groups is 2. The Bertz CT molecular complexity index is 207. The molecule has 0 aromatic rings. The van der Waals surface area contributed by atoms with Gasteiger partial charge in [-0.1, -0.05) is 6.42 Å². The van der Waals surface area contributed by atoms with E-state index in [9.17, 15) is 9.59 Å². The zero-order valence-electron chi connectivity index (χ0n) is 9.71. The second-order valence-electron chi connectivity index (χ2n) is 3.80. The van der Waals surface area contributed by atoms with Gasteiger partial charge in [-0.3, -0.25) is 9.59 Å². The fourth-order valence-electron chi connectivity index (χ4n) is 1.32. The molecule has 0 saturated heterocycles. The highest BCUT2D eigenvalue weighted by Gasteiger charge is 2.00.